The maximum absolute atomic E-state index is 12.9. The van der Waals surface area contributed by atoms with Gasteiger partial charge in [-0.3, -0.25) is 4.79 Å². The second-order valence-electron chi connectivity index (χ2n) is 5.96. The van der Waals surface area contributed by atoms with Crippen LogP contribution >= 0.6 is 31.9 Å². The number of sulfonamides is 1. The third-order valence-electron chi connectivity index (χ3n) is 4.20. The van der Waals surface area contributed by atoms with E-state index in [9.17, 15) is 13.2 Å². The number of nitrogens with zero attached hydrogens (tertiary/aromatic N) is 1. The number of hydrogen-bond acceptors (Lipinski definition) is 5. The van der Waals surface area contributed by atoms with Gasteiger partial charge in [0.15, 0.2) is 0 Å². The number of amides is 1. The van der Waals surface area contributed by atoms with Gasteiger partial charge in [0.25, 0.3) is 5.91 Å². The van der Waals surface area contributed by atoms with Crippen molar-refractivity contribution in [3.63, 3.8) is 0 Å². The predicted molar refractivity (Wildman–Crippen MR) is 112 cm³/mol. The monoisotopic (exact) mass is 532 g/mol. The highest BCUT2D eigenvalue weighted by Gasteiger charge is 2.28. The van der Waals surface area contributed by atoms with Crippen LogP contribution in [0, 0.1) is 0 Å². The van der Waals surface area contributed by atoms with Crippen molar-refractivity contribution < 1.29 is 22.7 Å². The molecule has 28 heavy (non-hydrogen) atoms. The molecule has 1 amide bonds. The van der Waals surface area contributed by atoms with Crippen LogP contribution in [0.5, 0.6) is 5.75 Å². The van der Waals surface area contributed by atoms with Crippen LogP contribution in [0.3, 0.4) is 0 Å². The van der Waals surface area contributed by atoms with Crippen LogP contribution in [-0.2, 0) is 14.8 Å². The van der Waals surface area contributed by atoms with Crippen molar-refractivity contribution >= 4 is 53.5 Å². The molecule has 3 rings (SSSR count). The molecule has 0 saturated carbocycles. The van der Waals surface area contributed by atoms with Gasteiger partial charge in [-0.05, 0) is 52.3 Å². The molecule has 0 spiro atoms. The zero-order valence-corrected chi connectivity index (χ0v) is 18.9. The summed E-state index contributed by atoms with van der Waals surface area (Å²) in [6, 6.07) is 9.58. The second-order valence-corrected chi connectivity index (χ2v) is 9.66. The van der Waals surface area contributed by atoms with Gasteiger partial charge >= 0.3 is 0 Å². The van der Waals surface area contributed by atoms with Crippen LogP contribution in [0.4, 0.5) is 5.69 Å². The number of carbonyl (C=O) groups is 1. The number of benzene rings is 2. The van der Waals surface area contributed by atoms with Gasteiger partial charge in [-0.1, -0.05) is 15.9 Å². The fourth-order valence-corrected chi connectivity index (χ4v) is 5.32. The molecule has 0 bridgehead atoms. The molecule has 1 N–H and O–H groups in total. The summed E-state index contributed by atoms with van der Waals surface area (Å²) >= 11 is 6.75. The molecule has 2 aromatic rings. The fraction of sp³-hybridized carbons (Fsp3) is 0.278. The van der Waals surface area contributed by atoms with Gasteiger partial charge in [-0.15, -0.1) is 0 Å². The zero-order chi connectivity index (χ0) is 20.3. The van der Waals surface area contributed by atoms with E-state index in [1.165, 1.54) is 29.6 Å². The molecule has 0 unspecified atom stereocenters. The Balaban J connectivity index is 1.93. The molecule has 0 aromatic heterocycles. The molecule has 10 heteroatoms. The summed E-state index contributed by atoms with van der Waals surface area (Å²) in [7, 11) is -2.30. The van der Waals surface area contributed by atoms with Crippen LogP contribution in [0.2, 0.25) is 0 Å². The second kappa shape index (κ2) is 8.91. The molecular weight excluding hydrogens is 516 g/mol. The number of morpholine rings is 1. The zero-order valence-electron chi connectivity index (χ0n) is 14.9. The van der Waals surface area contributed by atoms with Gasteiger partial charge in [0, 0.05) is 22.0 Å². The lowest BCUT2D eigenvalue weighted by Crippen LogP contribution is -2.40. The molecular formula is C18H18Br2N2O5S. The lowest BCUT2D eigenvalue weighted by molar-refractivity contribution is 0.0730. The van der Waals surface area contributed by atoms with Crippen LogP contribution in [0.25, 0.3) is 0 Å². The number of hydrogen-bond donors (Lipinski definition) is 1. The van der Waals surface area contributed by atoms with Gasteiger partial charge in [-0.2, -0.15) is 4.31 Å². The molecule has 0 atom stereocenters. The van der Waals surface area contributed by atoms with E-state index in [-0.39, 0.29) is 29.3 Å². The van der Waals surface area contributed by atoms with Crippen molar-refractivity contribution in [3.05, 3.63) is 50.9 Å². The Morgan fingerprint density at radius 1 is 1.14 bits per heavy atom. The van der Waals surface area contributed by atoms with Crippen LogP contribution in [0.1, 0.15) is 10.4 Å². The number of anilines is 1. The Kier molecular flexibility index (Phi) is 6.77. The SMILES string of the molecule is COc1ccc(S(=O)(=O)N2CCOCC2)cc1C(=O)Nc1ccc(Br)cc1Br. The average Bonchev–Trinajstić information content (AvgIpc) is 2.70. The van der Waals surface area contributed by atoms with E-state index in [1.54, 1.807) is 18.2 Å². The number of halogens is 2. The van der Waals surface area contributed by atoms with Gasteiger partial charge in [0.1, 0.15) is 5.75 Å². The van der Waals surface area contributed by atoms with Gasteiger partial charge in [0.05, 0.1) is 36.5 Å². The van der Waals surface area contributed by atoms with E-state index in [0.29, 0.717) is 23.4 Å². The largest absolute Gasteiger partial charge is 0.496 e. The normalized spacial score (nSPS) is 15.2. The van der Waals surface area contributed by atoms with Crippen molar-refractivity contribution in [2.24, 2.45) is 0 Å². The molecule has 1 saturated heterocycles. The highest BCUT2D eigenvalue weighted by atomic mass is 79.9. The standard InChI is InChI=1S/C18H18Br2N2O5S/c1-26-17-5-3-13(28(24,25)22-6-8-27-9-7-22)11-14(17)18(23)21-16-4-2-12(19)10-15(16)20/h2-5,10-11H,6-9H2,1H3,(H,21,23). The topological polar surface area (TPSA) is 84.9 Å². The van der Waals surface area contributed by atoms with E-state index in [4.69, 9.17) is 9.47 Å². The van der Waals surface area contributed by atoms with Crippen LogP contribution < -0.4 is 10.1 Å². The lowest BCUT2D eigenvalue weighted by atomic mass is 10.2. The highest BCUT2D eigenvalue weighted by molar-refractivity contribution is 9.11. The van der Waals surface area contributed by atoms with E-state index in [0.717, 1.165) is 4.47 Å². The molecule has 2 aromatic carbocycles. The maximum atomic E-state index is 12.9. The minimum atomic E-state index is -3.73. The van der Waals surface area contributed by atoms with Gasteiger partial charge < -0.3 is 14.8 Å². The average molecular weight is 534 g/mol. The maximum Gasteiger partial charge on any atom is 0.259 e. The summed E-state index contributed by atoms with van der Waals surface area (Å²) < 4.78 is 39.2. The Bertz CT molecular complexity index is 991. The van der Waals surface area contributed by atoms with E-state index in [1.807, 2.05) is 0 Å². The van der Waals surface area contributed by atoms with Gasteiger partial charge in [-0.25, -0.2) is 8.42 Å². The first-order valence-electron chi connectivity index (χ1n) is 8.35. The number of rotatable bonds is 5. The molecule has 0 radical (unpaired) electrons. The minimum Gasteiger partial charge on any atom is -0.496 e. The van der Waals surface area contributed by atoms with Crippen molar-refractivity contribution in [3.8, 4) is 5.75 Å². The molecule has 7 nitrogen and oxygen atoms in total. The Morgan fingerprint density at radius 3 is 2.50 bits per heavy atom. The minimum absolute atomic E-state index is 0.0372. The van der Waals surface area contributed by atoms with E-state index < -0.39 is 15.9 Å². The summed E-state index contributed by atoms with van der Waals surface area (Å²) in [5, 5.41) is 2.77. The lowest BCUT2D eigenvalue weighted by Gasteiger charge is -2.26. The Labute approximate surface area is 180 Å². The van der Waals surface area contributed by atoms with Gasteiger partial charge in [0.2, 0.25) is 10.0 Å². The summed E-state index contributed by atoms with van der Waals surface area (Å²) in [6.07, 6.45) is 0. The van der Waals surface area contributed by atoms with E-state index >= 15 is 0 Å². The molecule has 1 heterocycles. The fourth-order valence-electron chi connectivity index (χ4n) is 2.74. The first kappa shape index (κ1) is 21.3. The third-order valence-corrected chi connectivity index (χ3v) is 7.25. The highest BCUT2D eigenvalue weighted by Crippen LogP contribution is 2.29. The molecule has 0 aliphatic carbocycles. The Hall–Kier alpha value is -1.46. The quantitative estimate of drug-likeness (QED) is 0.636. The summed E-state index contributed by atoms with van der Waals surface area (Å²) in [5.41, 5.74) is 0.684. The third kappa shape index (κ3) is 4.57. The van der Waals surface area contributed by atoms with Crippen LogP contribution in [0.15, 0.2) is 50.2 Å². The first-order valence-corrected chi connectivity index (χ1v) is 11.4. The molecule has 1 fully saturated rings. The van der Waals surface area contributed by atoms with Crippen LogP contribution in [-0.4, -0.2) is 52.0 Å². The smallest absolute Gasteiger partial charge is 0.259 e. The number of nitrogens with one attached hydrogen (secondary N) is 1. The number of ether oxygens (including phenoxy) is 2. The predicted octanol–water partition coefficient (Wildman–Crippen LogP) is 3.49. The van der Waals surface area contributed by atoms with Crippen molar-refractivity contribution in [1.29, 1.82) is 0 Å². The molecule has 1 aliphatic rings. The Morgan fingerprint density at radius 2 is 1.86 bits per heavy atom. The summed E-state index contributed by atoms with van der Waals surface area (Å²) in [5.74, 6) is -0.189. The molecule has 150 valence electrons. The summed E-state index contributed by atoms with van der Waals surface area (Å²) in [4.78, 5) is 12.9. The summed E-state index contributed by atoms with van der Waals surface area (Å²) in [6.45, 7) is 1.25. The van der Waals surface area contributed by atoms with Crippen molar-refractivity contribution in [2.75, 3.05) is 38.7 Å². The van der Waals surface area contributed by atoms with E-state index in [2.05, 4.69) is 37.2 Å². The number of methoxy groups -OCH3 is 1. The number of carbonyl (C=O) groups excluding carboxylic acids is 1. The van der Waals surface area contributed by atoms with Crippen molar-refractivity contribution in [1.82, 2.24) is 4.31 Å². The first-order chi connectivity index (χ1) is 13.3. The molecule has 1 aliphatic heterocycles. The van der Waals surface area contributed by atoms with Crippen molar-refractivity contribution in [2.45, 2.75) is 4.90 Å².